The second kappa shape index (κ2) is 8.07. The summed E-state index contributed by atoms with van der Waals surface area (Å²) in [5, 5.41) is 3.28. The van der Waals surface area contributed by atoms with Crippen LogP contribution in [-0.4, -0.2) is 32.5 Å². The molecule has 0 bridgehead atoms. The van der Waals surface area contributed by atoms with E-state index in [4.69, 9.17) is 0 Å². The molecule has 0 aliphatic heterocycles. The first-order valence-corrected chi connectivity index (χ1v) is 8.17. The van der Waals surface area contributed by atoms with Gasteiger partial charge in [-0.05, 0) is 25.2 Å². The van der Waals surface area contributed by atoms with E-state index in [0.717, 1.165) is 19.3 Å². The molecule has 0 saturated heterocycles. The Labute approximate surface area is 101 Å². The molecular formula is C12H27NO2S. The van der Waals surface area contributed by atoms with Crippen LogP contribution in [0.5, 0.6) is 0 Å². The van der Waals surface area contributed by atoms with Gasteiger partial charge in [0.25, 0.3) is 0 Å². The van der Waals surface area contributed by atoms with E-state index < -0.39 is 9.84 Å². The predicted octanol–water partition coefficient (Wildman–Crippen LogP) is 2.23. The van der Waals surface area contributed by atoms with Crippen LogP contribution in [0.3, 0.4) is 0 Å². The van der Waals surface area contributed by atoms with E-state index in [1.54, 1.807) is 0 Å². The zero-order valence-electron chi connectivity index (χ0n) is 11.1. The average molecular weight is 249 g/mol. The molecule has 0 aliphatic rings. The minimum Gasteiger partial charge on any atom is -0.313 e. The molecule has 0 unspecified atom stereocenters. The number of nitrogens with one attached hydrogen (secondary N) is 1. The van der Waals surface area contributed by atoms with Gasteiger partial charge in [-0.1, -0.05) is 27.7 Å². The van der Waals surface area contributed by atoms with Crippen molar-refractivity contribution in [2.45, 2.75) is 53.0 Å². The van der Waals surface area contributed by atoms with Gasteiger partial charge in [0.2, 0.25) is 0 Å². The fourth-order valence-corrected chi connectivity index (χ4v) is 2.98. The summed E-state index contributed by atoms with van der Waals surface area (Å²) in [5.74, 6) is 1.06. The Morgan fingerprint density at radius 1 is 1.06 bits per heavy atom. The SMILES string of the molecule is CCC(CC)NCCS(=O)(=O)CCC(C)C. The maximum absolute atomic E-state index is 11.7. The summed E-state index contributed by atoms with van der Waals surface area (Å²) < 4.78 is 23.3. The smallest absolute Gasteiger partial charge is 0.151 e. The van der Waals surface area contributed by atoms with Crippen LogP contribution in [0.2, 0.25) is 0 Å². The second-order valence-corrected chi connectivity index (χ2v) is 7.11. The lowest BCUT2D eigenvalue weighted by atomic mass is 10.2. The molecule has 4 heteroatoms. The first kappa shape index (κ1) is 15.9. The maximum atomic E-state index is 11.7. The molecular weight excluding hydrogens is 222 g/mol. The van der Waals surface area contributed by atoms with Gasteiger partial charge in [-0.2, -0.15) is 0 Å². The van der Waals surface area contributed by atoms with Crippen LogP contribution in [0.1, 0.15) is 47.0 Å². The van der Waals surface area contributed by atoms with Crippen LogP contribution in [0.4, 0.5) is 0 Å². The van der Waals surface area contributed by atoms with Crippen LogP contribution in [0.15, 0.2) is 0 Å². The van der Waals surface area contributed by atoms with Crippen molar-refractivity contribution in [2.24, 2.45) is 5.92 Å². The van der Waals surface area contributed by atoms with Crippen molar-refractivity contribution in [3.63, 3.8) is 0 Å². The lowest BCUT2D eigenvalue weighted by Crippen LogP contribution is -2.32. The van der Waals surface area contributed by atoms with Crippen LogP contribution < -0.4 is 5.32 Å². The fourth-order valence-electron chi connectivity index (χ4n) is 1.51. The summed E-state index contributed by atoms with van der Waals surface area (Å²) in [6.45, 7) is 8.94. The van der Waals surface area contributed by atoms with Crippen molar-refractivity contribution in [1.82, 2.24) is 5.32 Å². The predicted molar refractivity (Wildman–Crippen MR) is 70.5 cm³/mol. The van der Waals surface area contributed by atoms with Crippen molar-refractivity contribution in [2.75, 3.05) is 18.1 Å². The Hall–Kier alpha value is -0.0900. The molecule has 0 fully saturated rings. The van der Waals surface area contributed by atoms with E-state index in [-0.39, 0.29) is 5.75 Å². The van der Waals surface area contributed by atoms with Crippen LogP contribution in [0.25, 0.3) is 0 Å². The zero-order valence-corrected chi connectivity index (χ0v) is 11.9. The van der Waals surface area contributed by atoms with E-state index >= 15 is 0 Å². The van der Waals surface area contributed by atoms with Crippen LogP contribution in [-0.2, 0) is 9.84 Å². The number of sulfone groups is 1. The summed E-state index contributed by atoms with van der Waals surface area (Å²) in [4.78, 5) is 0. The Kier molecular flexibility index (Phi) is 8.02. The number of hydrogen-bond donors (Lipinski definition) is 1. The topological polar surface area (TPSA) is 46.2 Å². The molecule has 0 aromatic carbocycles. The molecule has 98 valence electrons. The molecule has 0 aromatic rings. The highest BCUT2D eigenvalue weighted by Crippen LogP contribution is 2.03. The van der Waals surface area contributed by atoms with Crippen molar-refractivity contribution in [3.05, 3.63) is 0 Å². The lowest BCUT2D eigenvalue weighted by Gasteiger charge is -2.14. The van der Waals surface area contributed by atoms with E-state index in [1.807, 2.05) is 0 Å². The van der Waals surface area contributed by atoms with Gasteiger partial charge in [0.05, 0.1) is 11.5 Å². The van der Waals surface area contributed by atoms with Gasteiger partial charge in [0.1, 0.15) is 0 Å². The van der Waals surface area contributed by atoms with E-state index in [2.05, 4.69) is 33.0 Å². The molecule has 3 nitrogen and oxygen atoms in total. The fraction of sp³-hybridized carbons (Fsp3) is 1.00. The standard InChI is InChI=1S/C12H27NO2S/c1-5-12(6-2)13-8-10-16(14,15)9-7-11(3)4/h11-13H,5-10H2,1-4H3. The van der Waals surface area contributed by atoms with Gasteiger partial charge in [0.15, 0.2) is 9.84 Å². The summed E-state index contributed by atoms with van der Waals surface area (Å²) in [5.41, 5.74) is 0. The summed E-state index contributed by atoms with van der Waals surface area (Å²) in [6.07, 6.45) is 2.89. The molecule has 0 heterocycles. The molecule has 16 heavy (non-hydrogen) atoms. The third-order valence-corrected chi connectivity index (χ3v) is 4.52. The second-order valence-electron chi connectivity index (χ2n) is 4.80. The largest absolute Gasteiger partial charge is 0.313 e. The summed E-state index contributed by atoms with van der Waals surface area (Å²) >= 11 is 0. The normalized spacial score (nSPS) is 12.6. The molecule has 0 saturated carbocycles. The number of hydrogen-bond acceptors (Lipinski definition) is 3. The average Bonchev–Trinajstić information content (AvgIpc) is 2.22. The molecule has 0 rings (SSSR count). The monoisotopic (exact) mass is 249 g/mol. The highest BCUT2D eigenvalue weighted by Gasteiger charge is 2.12. The van der Waals surface area contributed by atoms with Gasteiger partial charge >= 0.3 is 0 Å². The van der Waals surface area contributed by atoms with E-state index in [1.165, 1.54) is 0 Å². The third kappa shape index (κ3) is 8.11. The molecule has 0 amide bonds. The Morgan fingerprint density at radius 2 is 1.62 bits per heavy atom. The molecule has 0 atom stereocenters. The van der Waals surface area contributed by atoms with Crippen molar-refractivity contribution < 1.29 is 8.42 Å². The summed E-state index contributed by atoms with van der Waals surface area (Å²) in [6, 6.07) is 0.459. The molecule has 0 radical (unpaired) electrons. The van der Waals surface area contributed by atoms with Crippen LogP contribution in [0, 0.1) is 5.92 Å². The Morgan fingerprint density at radius 3 is 2.06 bits per heavy atom. The molecule has 0 aromatic heterocycles. The minimum atomic E-state index is -2.85. The zero-order chi connectivity index (χ0) is 12.6. The molecule has 0 aliphatic carbocycles. The van der Waals surface area contributed by atoms with Gasteiger partial charge in [-0.25, -0.2) is 8.42 Å². The van der Waals surface area contributed by atoms with Crippen molar-refractivity contribution in [1.29, 1.82) is 0 Å². The lowest BCUT2D eigenvalue weighted by molar-refractivity contribution is 0.496. The molecule has 0 spiro atoms. The van der Waals surface area contributed by atoms with Gasteiger partial charge < -0.3 is 5.32 Å². The van der Waals surface area contributed by atoms with Crippen molar-refractivity contribution in [3.8, 4) is 0 Å². The van der Waals surface area contributed by atoms with E-state index in [0.29, 0.717) is 24.3 Å². The highest BCUT2D eigenvalue weighted by atomic mass is 32.2. The molecule has 1 N–H and O–H groups in total. The van der Waals surface area contributed by atoms with Gasteiger partial charge in [0, 0.05) is 12.6 Å². The van der Waals surface area contributed by atoms with Gasteiger partial charge in [-0.3, -0.25) is 0 Å². The summed E-state index contributed by atoms with van der Waals surface area (Å²) in [7, 11) is -2.85. The minimum absolute atomic E-state index is 0.274. The number of rotatable bonds is 9. The first-order chi connectivity index (χ1) is 7.41. The Bertz CT molecular complexity index is 256. The first-order valence-electron chi connectivity index (χ1n) is 6.35. The maximum Gasteiger partial charge on any atom is 0.151 e. The van der Waals surface area contributed by atoms with E-state index in [9.17, 15) is 8.42 Å². The van der Waals surface area contributed by atoms with Gasteiger partial charge in [-0.15, -0.1) is 0 Å². The Balaban J connectivity index is 3.82. The third-order valence-electron chi connectivity index (χ3n) is 2.84. The van der Waals surface area contributed by atoms with Crippen LogP contribution >= 0.6 is 0 Å². The van der Waals surface area contributed by atoms with Crippen molar-refractivity contribution >= 4 is 9.84 Å². The highest BCUT2D eigenvalue weighted by molar-refractivity contribution is 7.91. The quantitative estimate of drug-likeness (QED) is 0.681.